The highest BCUT2D eigenvalue weighted by atomic mass is 32.2. The first-order chi connectivity index (χ1) is 18.7. The molecule has 2 aromatic carbocycles. The smallest absolute Gasteiger partial charge is 0.309 e. The summed E-state index contributed by atoms with van der Waals surface area (Å²) in [5.41, 5.74) is 0.580. The summed E-state index contributed by atoms with van der Waals surface area (Å²) >= 11 is 1.01. The van der Waals surface area contributed by atoms with Crippen molar-refractivity contribution in [2.75, 3.05) is 32.5 Å². The number of pyridine rings is 1. The van der Waals surface area contributed by atoms with Crippen LogP contribution in [0.15, 0.2) is 41.4 Å². The Morgan fingerprint density at radius 2 is 1.95 bits per heavy atom. The maximum absolute atomic E-state index is 13.9. The zero-order valence-electron chi connectivity index (χ0n) is 21.5. The average Bonchev–Trinajstić information content (AvgIpc) is 2.93. The average molecular weight is 565 g/mol. The molecular formula is C28H31F3N2O5S. The molecule has 2 heterocycles. The Balaban J connectivity index is 1.39. The minimum atomic E-state index is -1.23. The number of ether oxygens (including phenoxy) is 1. The molecule has 4 rings (SSSR count). The number of likely N-dealkylation sites (tertiary alicyclic amines) is 1. The number of benzene rings is 2. The minimum absolute atomic E-state index is 0.0955. The van der Waals surface area contributed by atoms with Gasteiger partial charge in [-0.1, -0.05) is 0 Å². The van der Waals surface area contributed by atoms with E-state index in [1.165, 1.54) is 13.3 Å². The maximum atomic E-state index is 13.9. The number of nitrogens with zero attached hydrogens (tertiary/aromatic N) is 2. The van der Waals surface area contributed by atoms with E-state index in [1.807, 2.05) is 4.90 Å². The Kier molecular flexibility index (Phi) is 9.37. The predicted molar refractivity (Wildman–Crippen MR) is 141 cm³/mol. The topological polar surface area (TPSA) is 103 Å². The number of thioether (sulfide) groups is 1. The van der Waals surface area contributed by atoms with Crippen molar-refractivity contribution in [3.8, 4) is 5.75 Å². The standard InChI is InChI=1S/C28H31F3N2O5S/c1-38-19-2-3-22-20(14-19)25(17(16-34)15-32-22)23(35)4-5-28(27(36)37)6-8-33(9-7-28)10-11-39-24-13-18(29)12-21(30)26(24)31/h2-3,12-15,23,34-35H,4-11,16H2,1H3,(H,36,37)/t23-/m1/s1. The third-order valence-electron chi connectivity index (χ3n) is 7.49. The van der Waals surface area contributed by atoms with Crippen LogP contribution >= 0.6 is 11.8 Å². The fourth-order valence-corrected chi connectivity index (χ4v) is 6.12. The highest BCUT2D eigenvalue weighted by molar-refractivity contribution is 7.99. The third kappa shape index (κ3) is 6.49. The molecule has 0 amide bonds. The van der Waals surface area contributed by atoms with Crippen LogP contribution in [0, 0.1) is 22.9 Å². The van der Waals surface area contributed by atoms with Crippen molar-refractivity contribution in [2.45, 2.75) is 43.3 Å². The number of carboxylic acids is 1. The molecule has 39 heavy (non-hydrogen) atoms. The van der Waals surface area contributed by atoms with Crippen molar-refractivity contribution in [1.29, 1.82) is 0 Å². The molecule has 7 nitrogen and oxygen atoms in total. The van der Waals surface area contributed by atoms with Crippen LogP contribution in [-0.4, -0.2) is 63.7 Å². The lowest BCUT2D eigenvalue weighted by molar-refractivity contribution is -0.153. The molecular weight excluding hydrogens is 533 g/mol. The monoisotopic (exact) mass is 564 g/mol. The second-order valence-electron chi connectivity index (χ2n) is 9.77. The van der Waals surface area contributed by atoms with Gasteiger partial charge >= 0.3 is 5.97 Å². The van der Waals surface area contributed by atoms with Gasteiger partial charge in [-0.15, -0.1) is 11.8 Å². The van der Waals surface area contributed by atoms with Gasteiger partial charge in [-0.05, 0) is 68.6 Å². The van der Waals surface area contributed by atoms with E-state index < -0.39 is 34.9 Å². The molecule has 0 radical (unpaired) electrons. The van der Waals surface area contributed by atoms with Crippen LogP contribution in [-0.2, 0) is 11.4 Å². The second kappa shape index (κ2) is 12.5. The Labute approximate surface area is 228 Å². The molecule has 11 heteroatoms. The van der Waals surface area contributed by atoms with Crippen LogP contribution in [0.4, 0.5) is 13.2 Å². The lowest BCUT2D eigenvalue weighted by Gasteiger charge is -2.39. The molecule has 0 saturated carbocycles. The number of rotatable bonds is 11. The summed E-state index contributed by atoms with van der Waals surface area (Å²) in [6.07, 6.45) is 1.63. The molecule has 1 fully saturated rings. The molecule has 1 atom stereocenters. The van der Waals surface area contributed by atoms with Crippen molar-refractivity contribution >= 4 is 28.6 Å². The fourth-order valence-electron chi connectivity index (χ4n) is 5.13. The number of aliphatic carboxylic acids is 1. The summed E-state index contributed by atoms with van der Waals surface area (Å²) in [4.78, 5) is 18.7. The minimum Gasteiger partial charge on any atom is -0.497 e. The van der Waals surface area contributed by atoms with Crippen LogP contribution in [0.1, 0.15) is 42.9 Å². The maximum Gasteiger partial charge on any atom is 0.309 e. The molecule has 1 aromatic heterocycles. The summed E-state index contributed by atoms with van der Waals surface area (Å²) in [5, 5.41) is 31.8. The van der Waals surface area contributed by atoms with E-state index in [-0.39, 0.29) is 24.3 Å². The molecule has 0 aliphatic carbocycles. The van der Waals surface area contributed by atoms with Crippen LogP contribution in [0.3, 0.4) is 0 Å². The number of methoxy groups -OCH3 is 1. The van der Waals surface area contributed by atoms with Crippen LogP contribution in [0.5, 0.6) is 5.75 Å². The van der Waals surface area contributed by atoms with E-state index >= 15 is 0 Å². The van der Waals surface area contributed by atoms with E-state index in [9.17, 15) is 33.3 Å². The van der Waals surface area contributed by atoms with Crippen molar-refractivity contribution in [3.05, 3.63) is 65.1 Å². The summed E-state index contributed by atoms with van der Waals surface area (Å²) in [5.74, 6) is -3.11. The van der Waals surface area contributed by atoms with Crippen LogP contribution < -0.4 is 4.74 Å². The number of hydrogen-bond donors (Lipinski definition) is 3. The van der Waals surface area contributed by atoms with Gasteiger partial charge in [-0.2, -0.15) is 0 Å². The number of carboxylic acid groups (broad SMARTS) is 1. The predicted octanol–water partition coefficient (Wildman–Crippen LogP) is 4.93. The van der Waals surface area contributed by atoms with E-state index in [1.54, 1.807) is 18.2 Å². The van der Waals surface area contributed by atoms with Gasteiger partial charge < -0.3 is 25.0 Å². The number of aliphatic hydroxyl groups is 2. The Hall–Kier alpha value is -2.86. The number of fused-ring (bicyclic) bond motifs is 1. The number of halogens is 3. The summed E-state index contributed by atoms with van der Waals surface area (Å²) < 4.78 is 46.1. The lowest BCUT2D eigenvalue weighted by atomic mass is 9.74. The van der Waals surface area contributed by atoms with E-state index in [4.69, 9.17) is 4.74 Å². The summed E-state index contributed by atoms with van der Waals surface area (Å²) in [6, 6.07) is 6.73. The van der Waals surface area contributed by atoms with Gasteiger partial charge in [-0.25, -0.2) is 13.2 Å². The van der Waals surface area contributed by atoms with Crippen molar-refractivity contribution in [1.82, 2.24) is 9.88 Å². The normalized spacial score (nSPS) is 16.4. The number of aliphatic hydroxyl groups excluding tert-OH is 2. The molecule has 3 N–H and O–H groups in total. The highest BCUT2D eigenvalue weighted by Gasteiger charge is 2.41. The van der Waals surface area contributed by atoms with Gasteiger partial charge in [0.05, 0.1) is 30.8 Å². The van der Waals surface area contributed by atoms with Crippen molar-refractivity contribution in [3.63, 3.8) is 0 Å². The number of carbonyl (C=O) groups is 1. The molecule has 1 aliphatic heterocycles. The molecule has 0 bridgehead atoms. The molecule has 1 saturated heterocycles. The quantitative estimate of drug-likeness (QED) is 0.223. The van der Waals surface area contributed by atoms with Gasteiger partial charge in [0.2, 0.25) is 0 Å². The molecule has 1 aliphatic rings. The SMILES string of the molecule is COc1ccc2ncc(CO)c([C@H](O)CCC3(C(=O)O)CCN(CCSc4cc(F)cc(F)c4F)CC3)c2c1. The summed E-state index contributed by atoms with van der Waals surface area (Å²) in [7, 11) is 1.53. The second-order valence-corrected chi connectivity index (χ2v) is 10.9. The molecule has 0 spiro atoms. The first-order valence-electron chi connectivity index (χ1n) is 12.6. The van der Waals surface area contributed by atoms with Crippen molar-refractivity contribution < 1.29 is 38.0 Å². The highest BCUT2D eigenvalue weighted by Crippen LogP contribution is 2.40. The van der Waals surface area contributed by atoms with Crippen molar-refractivity contribution in [2.24, 2.45) is 5.41 Å². The zero-order valence-corrected chi connectivity index (χ0v) is 22.3. The summed E-state index contributed by atoms with van der Waals surface area (Å²) in [6.45, 7) is 1.15. The van der Waals surface area contributed by atoms with Gasteiger partial charge in [0.1, 0.15) is 11.6 Å². The number of aromatic nitrogens is 1. The lowest BCUT2D eigenvalue weighted by Crippen LogP contribution is -2.45. The van der Waals surface area contributed by atoms with Crippen LogP contribution in [0.25, 0.3) is 10.9 Å². The van der Waals surface area contributed by atoms with Crippen LogP contribution in [0.2, 0.25) is 0 Å². The van der Waals surface area contributed by atoms with Gasteiger partial charge in [0, 0.05) is 40.4 Å². The zero-order chi connectivity index (χ0) is 28.2. The first kappa shape index (κ1) is 29.1. The fraction of sp³-hybridized carbons (Fsp3) is 0.429. The van der Waals surface area contributed by atoms with Gasteiger partial charge in [-0.3, -0.25) is 9.78 Å². The first-order valence-corrected chi connectivity index (χ1v) is 13.6. The van der Waals surface area contributed by atoms with E-state index in [0.29, 0.717) is 72.1 Å². The largest absolute Gasteiger partial charge is 0.497 e. The Bertz CT molecular complexity index is 1330. The van der Waals surface area contributed by atoms with Gasteiger partial charge in [0.25, 0.3) is 0 Å². The molecule has 3 aromatic rings. The Morgan fingerprint density at radius 3 is 2.62 bits per heavy atom. The van der Waals surface area contributed by atoms with E-state index in [0.717, 1.165) is 17.8 Å². The molecule has 210 valence electrons. The molecule has 0 unspecified atom stereocenters. The number of hydrogen-bond acceptors (Lipinski definition) is 7. The van der Waals surface area contributed by atoms with Gasteiger partial charge in [0.15, 0.2) is 11.6 Å². The van der Waals surface area contributed by atoms with E-state index in [2.05, 4.69) is 4.98 Å². The Morgan fingerprint density at radius 1 is 1.21 bits per heavy atom. The third-order valence-corrected chi connectivity index (χ3v) is 8.49. The number of piperidine rings is 1.